The van der Waals surface area contributed by atoms with Crippen molar-refractivity contribution in [3.63, 3.8) is 0 Å². The zero-order chi connectivity index (χ0) is 21.0. The van der Waals surface area contributed by atoms with E-state index in [-0.39, 0.29) is 5.69 Å². The Labute approximate surface area is 166 Å². The van der Waals surface area contributed by atoms with Crippen LogP contribution in [0.25, 0.3) is 0 Å². The number of piperazine rings is 1. The fraction of sp³-hybridized carbons (Fsp3) is 0.421. The Morgan fingerprint density at radius 3 is 2.52 bits per heavy atom. The van der Waals surface area contributed by atoms with E-state index in [1.165, 1.54) is 12.1 Å². The highest BCUT2D eigenvalue weighted by molar-refractivity contribution is 5.89. The van der Waals surface area contributed by atoms with Gasteiger partial charge in [0, 0.05) is 50.2 Å². The lowest BCUT2D eigenvalue weighted by Crippen LogP contribution is -2.50. The molecular weight excluding hydrogens is 385 g/mol. The van der Waals surface area contributed by atoms with Crippen LogP contribution in [-0.2, 0) is 6.18 Å². The van der Waals surface area contributed by atoms with Gasteiger partial charge in [0.25, 0.3) is 0 Å². The van der Waals surface area contributed by atoms with Crippen LogP contribution < -0.4 is 15.5 Å². The molecule has 7 nitrogen and oxygen atoms in total. The van der Waals surface area contributed by atoms with Gasteiger partial charge in [-0.15, -0.1) is 0 Å². The fourth-order valence-electron chi connectivity index (χ4n) is 3.07. The number of aryl methyl sites for hydroxylation is 1. The summed E-state index contributed by atoms with van der Waals surface area (Å²) in [4.78, 5) is 24.9. The summed E-state index contributed by atoms with van der Waals surface area (Å²) < 4.78 is 38.5. The number of anilines is 3. The molecule has 2 heterocycles. The molecule has 1 aromatic carbocycles. The molecule has 3 rings (SSSR count). The second-order valence-electron chi connectivity index (χ2n) is 6.70. The van der Waals surface area contributed by atoms with Gasteiger partial charge >= 0.3 is 12.2 Å². The molecule has 0 aliphatic carbocycles. The first kappa shape index (κ1) is 20.7. The highest BCUT2D eigenvalue weighted by atomic mass is 19.4. The van der Waals surface area contributed by atoms with Crippen LogP contribution in [0.2, 0.25) is 0 Å². The van der Waals surface area contributed by atoms with Crippen molar-refractivity contribution in [3.8, 4) is 0 Å². The topological polar surface area (TPSA) is 73.4 Å². The molecule has 10 heteroatoms. The minimum absolute atomic E-state index is 0.119. The second-order valence-corrected chi connectivity index (χ2v) is 6.70. The lowest BCUT2D eigenvalue weighted by molar-refractivity contribution is -0.137. The second kappa shape index (κ2) is 8.54. The van der Waals surface area contributed by atoms with Crippen LogP contribution >= 0.6 is 0 Å². The highest BCUT2D eigenvalue weighted by Gasteiger charge is 2.30. The lowest BCUT2D eigenvalue weighted by Gasteiger charge is -2.35. The zero-order valence-corrected chi connectivity index (χ0v) is 16.3. The van der Waals surface area contributed by atoms with Crippen molar-refractivity contribution in [3.05, 3.63) is 41.6 Å². The van der Waals surface area contributed by atoms with Crippen LogP contribution in [0.3, 0.4) is 0 Å². The molecule has 1 fully saturated rings. The summed E-state index contributed by atoms with van der Waals surface area (Å²) in [5, 5.41) is 5.64. The summed E-state index contributed by atoms with van der Waals surface area (Å²) >= 11 is 0. The molecule has 1 saturated heterocycles. The van der Waals surface area contributed by atoms with E-state index in [2.05, 4.69) is 25.5 Å². The third kappa shape index (κ3) is 5.27. The average molecular weight is 408 g/mol. The van der Waals surface area contributed by atoms with Gasteiger partial charge in [-0.1, -0.05) is 6.07 Å². The number of alkyl halides is 3. The Morgan fingerprint density at radius 2 is 1.86 bits per heavy atom. The van der Waals surface area contributed by atoms with Crippen molar-refractivity contribution >= 4 is 23.5 Å². The van der Waals surface area contributed by atoms with Crippen molar-refractivity contribution < 1.29 is 18.0 Å². The van der Waals surface area contributed by atoms with Crippen molar-refractivity contribution in [2.45, 2.75) is 20.0 Å². The molecule has 0 atom stereocenters. The van der Waals surface area contributed by atoms with Gasteiger partial charge in [0.15, 0.2) is 0 Å². The Balaban J connectivity index is 1.60. The van der Waals surface area contributed by atoms with Gasteiger partial charge in [-0.25, -0.2) is 9.78 Å². The quantitative estimate of drug-likeness (QED) is 0.809. The number of halogens is 3. The van der Waals surface area contributed by atoms with Crippen molar-refractivity contribution in [1.82, 2.24) is 14.9 Å². The van der Waals surface area contributed by atoms with Gasteiger partial charge in [0.05, 0.1) is 5.56 Å². The molecule has 2 amide bonds. The predicted octanol–water partition coefficient (Wildman–Crippen LogP) is 3.59. The molecule has 156 valence electrons. The first-order valence-corrected chi connectivity index (χ1v) is 9.34. The molecular formula is C19H23F3N6O. The van der Waals surface area contributed by atoms with Gasteiger partial charge in [-0.3, -0.25) is 0 Å². The Bertz CT molecular complexity index is 865. The number of hydrogen-bond acceptors (Lipinski definition) is 5. The van der Waals surface area contributed by atoms with Gasteiger partial charge in [-0.05, 0) is 32.0 Å². The summed E-state index contributed by atoms with van der Waals surface area (Å²) in [6, 6.07) is 6.08. The van der Waals surface area contributed by atoms with Crippen LogP contribution in [0.1, 0.15) is 18.2 Å². The fourth-order valence-corrected chi connectivity index (χ4v) is 3.07. The van der Waals surface area contributed by atoms with Crippen LogP contribution in [0.5, 0.6) is 0 Å². The van der Waals surface area contributed by atoms with Gasteiger partial charge in [0.2, 0.25) is 5.95 Å². The Hall–Kier alpha value is -3.04. The smallest absolute Gasteiger partial charge is 0.354 e. The van der Waals surface area contributed by atoms with E-state index in [9.17, 15) is 18.0 Å². The minimum Gasteiger partial charge on any atom is -0.354 e. The van der Waals surface area contributed by atoms with Crippen LogP contribution in [0.15, 0.2) is 30.3 Å². The van der Waals surface area contributed by atoms with Gasteiger partial charge in [-0.2, -0.15) is 18.2 Å². The normalized spacial score (nSPS) is 14.7. The standard InChI is InChI=1S/C19H23F3N6O/c1-3-23-17-24-13(2)11-16(26-17)27-7-9-28(10-8-27)18(29)25-15-6-4-5-14(12-15)19(20,21)22/h4-6,11-12H,3,7-10H2,1-2H3,(H,25,29)(H,23,24,26). The van der Waals surface area contributed by atoms with Crippen molar-refractivity contribution in [2.75, 3.05) is 48.3 Å². The highest BCUT2D eigenvalue weighted by Crippen LogP contribution is 2.30. The zero-order valence-electron chi connectivity index (χ0n) is 16.3. The maximum absolute atomic E-state index is 12.8. The van der Waals surface area contributed by atoms with Gasteiger partial charge < -0.3 is 20.4 Å². The molecule has 2 N–H and O–H groups in total. The number of carbonyl (C=O) groups excluding carboxylic acids is 1. The number of rotatable bonds is 4. The minimum atomic E-state index is -4.45. The van der Waals surface area contributed by atoms with E-state index in [1.807, 2.05) is 19.9 Å². The number of nitrogens with zero attached hydrogens (tertiary/aromatic N) is 4. The predicted molar refractivity (Wildman–Crippen MR) is 105 cm³/mol. The molecule has 0 saturated carbocycles. The van der Waals surface area contributed by atoms with Crippen molar-refractivity contribution in [1.29, 1.82) is 0 Å². The van der Waals surface area contributed by atoms with E-state index in [0.717, 1.165) is 23.6 Å². The maximum atomic E-state index is 12.8. The lowest BCUT2D eigenvalue weighted by atomic mass is 10.2. The molecule has 0 bridgehead atoms. The number of amides is 2. The van der Waals surface area contributed by atoms with Crippen LogP contribution in [0.4, 0.5) is 35.4 Å². The summed E-state index contributed by atoms with van der Waals surface area (Å²) in [5.74, 6) is 1.35. The Kier molecular flexibility index (Phi) is 6.09. The van der Waals surface area contributed by atoms with E-state index >= 15 is 0 Å². The number of hydrogen-bond donors (Lipinski definition) is 2. The van der Waals surface area contributed by atoms with Crippen LogP contribution in [-0.4, -0.2) is 53.6 Å². The largest absolute Gasteiger partial charge is 0.416 e. The summed E-state index contributed by atoms with van der Waals surface area (Å²) in [5.41, 5.74) is 0.167. The number of nitrogens with one attached hydrogen (secondary N) is 2. The number of aromatic nitrogens is 2. The molecule has 29 heavy (non-hydrogen) atoms. The maximum Gasteiger partial charge on any atom is 0.416 e. The molecule has 2 aromatic rings. The molecule has 1 aliphatic heterocycles. The number of carbonyl (C=O) groups is 1. The third-order valence-corrected chi connectivity index (χ3v) is 4.51. The first-order chi connectivity index (χ1) is 13.8. The molecule has 1 aromatic heterocycles. The Morgan fingerprint density at radius 1 is 1.14 bits per heavy atom. The average Bonchev–Trinajstić information content (AvgIpc) is 2.67. The number of urea groups is 1. The molecule has 0 spiro atoms. The summed E-state index contributed by atoms with van der Waals surface area (Å²) in [6.45, 7) is 6.58. The summed E-state index contributed by atoms with van der Waals surface area (Å²) in [6.07, 6.45) is -4.45. The van der Waals surface area contributed by atoms with E-state index < -0.39 is 17.8 Å². The van der Waals surface area contributed by atoms with Crippen LogP contribution in [0, 0.1) is 6.92 Å². The van der Waals surface area contributed by atoms with E-state index in [1.54, 1.807) is 4.90 Å². The monoisotopic (exact) mass is 408 g/mol. The molecule has 0 unspecified atom stereocenters. The summed E-state index contributed by atoms with van der Waals surface area (Å²) in [7, 11) is 0. The van der Waals surface area contributed by atoms with Gasteiger partial charge in [0.1, 0.15) is 5.82 Å². The van der Waals surface area contributed by atoms with E-state index in [4.69, 9.17) is 0 Å². The third-order valence-electron chi connectivity index (χ3n) is 4.51. The van der Waals surface area contributed by atoms with Crippen molar-refractivity contribution in [2.24, 2.45) is 0 Å². The SMILES string of the molecule is CCNc1nc(C)cc(N2CCN(C(=O)Nc3cccc(C(F)(F)F)c3)CC2)n1. The molecule has 1 aliphatic rings. The molecule has 0 radical (unpaired) electrons. The van der Waals surface area contributed by atoms with E-state index in [0.29, 0.717) is 38.7 Å². The number of benzene rings is 1. The first-order valence-electron chi connectivity index (χ1n) is 9.34.